The first-order chi connectivity index (χ1) is 4.61. The molecule has 2 saturated heterocycles. The van der Waals surface area contributed by atoms with Gasteiger partial charge in [0.1, 0.15) is 11.7 Å². The van der Waals surface area contributed by atoms with Gasteiger partial charge in [0.05, 0.1) is 12.2 Å². The van der Waals surface area contributed by atoms with Crippen molar-refractivity contribution in [3.05, 3.63) is 0 Å². The summed E-state index contributed by atoms with van der Waals surface area (Å²) >= 11 is 0. The van der Waals surface area contributed by atoms with Gasteiger partial charge in [-0.05, 0) is 20.3 Å². The molecule has 0 N–H and O–H groups in total. The molecular weight excluding hydrogens is 128 g/mol. The second kappa shape index (κ2) is 1.56. The second-order valence-corrected chi connectivity index (χ2v) is 3.81. The molecule has 2 nitrogen and oxygen atoms in total. The van der Waals surface area contributed by atoms with Gasteiger partial charge in [0.25, 0.3) is 0 Å². The maximum atomic E-state index is 5.50. The van der Waals surface area contributed by atoms with Crippen LogP contribution in [0, 0.1) is 0 Å². The van der Waals surface area contributed by atoms with Gasteiger partial charge in [-0.15, -0.1) is 0 Å². The summed E-state index contributed by atoms with van der Waals surface area (Å²) in [4.78, 5) is 0. The maximum Gasteiger partial charge on any atom is 0.120 e. The van der Waals surface area contributed by atoms with Gasteiger partial charge in [0.2, 0.25) is 0 Å². The maximum absolute atomic E-state index is 5.50. The third kappa shape index (κ3) is 0.722. The molecule has 0 radical (unpaired) electrons. The minimum absolute atomic E-state index is 0.0898. The molecule has 2 fully saturated rings. The highest BCUT2D eigenvalue weighted by atomic mass is 16.7. The van der Waals surface area contributed by atoms with Crippen LogP contribution in [0.4, 0.5) is 0 Å². The zero-order chi connectivity index (χ0) is 7.41. The Morgan fingerprint density at radius 2 is 2.00 bits per heavy atom. The quantitative estimate of drug-likeness (QED) is 0.543. The van der Waals surface area contributed by atoms with Crippen molar-refractivity contribution in [2.24, 2.45) is 0 Å². The molecule has 2 aliphatic heterocycles. The van der Waals surface area contributed by atoms with Gasteiger partial charge >= 0.3 is 0 Å². The van der Waals surface area contributed by atoms with E-state index in [1.165, 1.54) is 0 Å². The Labute approximate surface area is 61.5 Å². The van der Waals surface area contributed by atoms with Crippen molar-refractivity contribution in [2.75, 3.05) is 6.61 Å². The van der Waals surface area contributed by atoms with Crippen molar-refractivity contribution >= 4 is 0 Å². The smallest absolute Gasteiger partial charge is 0.120 e. The highest BCUT2D eigenvalue weighted by molar-refractivity contribution is 5.13. The van der Waals surface area contributed by atoms with Gasteiger partial charge in [-0.25, -0.2) is 0 Å². The summed E-state index contributed by atoms with van der Waals surface area (Å²) in [6, 6.07) is 0. The fourth-order valence-electron chi connectivity index (χ4n) is 1.64. The predicted molar refractivity (Wildman–Crippen MR) is 37.9 cm³/mol. The Balaban J connectivity index is 2.03. The van der Waals surface area contributed by atoms with Crippen LogP contribution in [0.3, 0.4) is 0 Å². The number of rotatable bonds is 2. The molecule has 2 rings (SSSR count). The first-order valence-corrected chi connectivity index (χ1v) is 3.92. The molecule has 0 amide bonds. The molecule has 2 heteroatoms. The van der Waals surface area contributed by atoms with Gasteiger partial charge in [0, 0.05) is 0 Å². The molecule has 2 aliphatic rings. The Morgan fingerprint density at radius 1 is 1.50 bits per heavy atom. The molecular formula is C8H14O2. The van der Waals surface area contributed by atoms with E-state index in [-0.39, 0.29) is 11.2 Å². The van der Waals surface area contributed by atoms with Crippen LogP contribution in [0.15, 0.2) is 0 Å². The zero-order valence-electron chi connectivity index (χ0n) is 6.81. The van der Waals surface area contributed by atoms with Crippen molar-refractivity contribution in [3.63, 3.8) is 0 Å². The molecule has 0 aliphatic carbocycles. The molecule has 58 valence electrons. The second-order valence-electron chi connectivity index (χ2n) is 3.81. The molecule has 0 spiro atoms. The first kappa shape index (κ1) is 6.62. The van der Waals surface area contributed by atoms with E-state index in [2.05, 4.69) is 20.8 Å². The topological polar surface area (TPSA) is 25.1 Å². The molecule has 0 saturated carbocycles. The molecule has 0 aromatic carbocycles. The van der Waals surface area contributed by atoms with Crippen LogP contribution in [0.25, 0.3) is 0 Å². The van der Waals surface area contributed by atoms with Crippen molar-refractivity contribution in [3.8, 4) is 0 Å². The molecule has 2 atom stereocenters. The number of hydrogen-bond acceptors (Lipinski definition) is 2. The first-order valence-electron chi connectivity index (χ1n) is 3.92. The summed E-state index contributed by atoms with van der Waals surface area (Å²) in [7, 11) is 0. The third-order valence-electron chi connectivity index (χ3n) is 2.59. The normalized spacial score (nSPS) is 48.9. The molecule has 10 heavy (non-hydrogen) atoms. The van der Waals surface area contributed by atoms with E-state index in [0.717, 1.165) is 13.0 Å². The summed E-state index contributed by atoms with van der Waals surface area (Å²) in [5, 5.41) is 0. The average Bonchev–Trinajstić information content (AvgIpc) is 2.68. The lowest BCUT2D eigenvalue weighted by atomic mass is 9.96. The average molecular weight is 142 g/mol. The Morgan fingerprint density at radius 3 is 2.10 bits per heavy atom. The minimum atomic E-state index is 0.0898. The lowest BCUT2D eigenvalue weighted by Crippen LogP contribution is -2.23. The Hall–Kier alpha value is -0.0800. The van der Waals surface area contributed by atoms with Crippen LogP contribution in [-0.2, 0) is 9.47 Å². The molecule has 0 bridgehead atoms. The summed E-state index contributed by atoms with van der Waals surface area (Å²) in [5.74, 6) is 0. The molecule has 0 aromatic rings. The molecule has 2 unspecified atom stereocenters. The van der Waals surface area contributed by atoms with Crippen LogP contribution in [-0.4, -0.2) is 23.9 Å². The third-order valence-corrected chi connectivity index (χ3v) is 2.59. The Bertz CT molecular complexity index is 159. The lowest BCUT2D eigenvalue weighted by Gasteiger charge is -2.04. The van der Waals surface area contributed by atoms with Gasteiger partial charge in [-0.3, -0.25) is 0 Å². The fraction of sp³-hybridized carbons (Fsp3) is 1.00. The largest absolute Gasteiger partial charge is 0.367 e. The van der Waals surface area contributed by atoms with Gasteiger partial charge in [-0.2, -0.15) is 0 Å². The van der Waals surface area contributed by atoms with Crippen LogP contribution >= 0.6 is 0 Å². The standard InChI is InChI=1S/C8H14O2/c1-4-8(5-9-8)6-7(2,3)10-6/h6H,4-5H2,1-3H3. The number of hydrogen-bond donors (Lipinski definition) is 0. The predicted octanol–water partition coefficient (Wildman–Crippen LogP) is 1.34. The van der Waals surface area contributed by atoms with Crippen molar-refractivity contribution in [1.82, 2.24) is 0 Å². The fourth-order valence-corrected chi connectivity index (χ4v) is 1.64. The van der Waals surface area contributed by atoms with E-state index in [9.17, 15) is 0 Å². The van der Waals surface area contributed by atoms with E-state index in [1.807, 2.05) is 0 Å². The van der Waals surface area contributed by atoms with Crippen molar-refractivity contribution < 1.29 is 9.47 Å². The summed E-state index contributed by atoms with van der Waals surface area (Å²) in [5.41, 5.74) is 0.204. The summed E-state index contributed by atoms with van der Waals surface area (Å²) in [6.45, 7) is 7.30. The Kier molecular flexibility index (Phi) is 1.03. The van der Waals surface area contributed by atoms with Crippen molar-refractivity contribution in [2.45, 2.75) is 44.5 Å². The van der Waals surface area contributed by atoms with Crippen LogP contribution < -0.4 is 0 Å². The van der Waals surface area contributed by atoms with E-state index < -0.39 is 0 Å². The zero-order valence-corrected chi connectivity index (χ0v) is 6.81. The van der Waals surface area contributed by atoms with E-state index in [1.54, 1.807) is 0 Å². The highest BCUT2D eigenvalue weighted by Gasteiger charge is 2.66. The summed E-state index contributed by atoms with van der Waals surface area (Å²) < 4.78 is 10.9. The molecule has 2 heterocycles. The van der Waals surface area contributed by atoms with Crippen LogP contribution in [0.1, 0.15) is 27.2 Å². The van der Waals surface area contributed by atoms with Gasteiger partial charge < -0.3 is 9.47 Å². The van der Waals surface area contributed by atoms with Crippen LogP contribution in [0.2, 0.25) is 0 Å². The van der Waals surface area contributed by atoms with Gasteiger partial charge in [-0.1, -0.05) is 6.92 Å². The van der Waals surface area contributed by atoms with E-state index >= 15 is 0 Å². The lowest BCUT2D eigenvalue weighted by molar-refractivity contribution is 0.226. The van der Waals surface area contributed by atoms with Crippen molar-refractivity contribution in [1.29, 1.82) is 0 Å². The SMILES string of the molecule is CCC1(C2OC2(C)C)CO1. The summed E-state index contributed by atoms with van der Waals surface area (Å²) in [6.07, 6.45) is 1.45. The highest BCUT2D eigenvalue weighted by Crippen LogP contribution is 2.51. The number of epoxide rings is 2. The van der Waals surface area contributed by atoms with E-state index in [0.29, 0.717) is 6.10 Å². The van der Waals surface area contributed by atoms with E-state index in [4.69, 9.17) is 9.47 Å². The van der Waals surface area contributed by atoms with Crippen LogP contribution in [0.5, 0.6) is 0 Å². The monoisotopic (exact) mass is 142 g/mol. The molecule has 0 aromatic heterocycles. The number of ether oxygens (including phenoxy) is 2. The minimum Gasteiger partial charge on any atom is -0.367 e. The van der Waals surface area contributed by atoms with Gasteiger partial charge in [0.15, 0.2) is 0 Å².